The van der Waals surface area contributed by atoms with Crippen LogP contribution in [0, 0.1) is 5.92 Å². The first-order valence-electron chi connectivity index (χ1n) is 5.92. The molecule has 1 aliphatic rings. The molecular weight excluding hydrogens is 278 g/mol. The largest absolute Gasteiger partial charge is 0.249 e. The summed E-state index contributed by atoms with van der Waals surface area (Å²) in [6, 6.07) is 8.15. The highest BCUT2D eigenvalue weighted by atomic mass is 79.9. The first-order chi connectivity index (χ1) is 8.22. The first-order valence-corrected chi connectivity index (χ1v) is 6.71. The van der Waals surface area contributed by atoms with Crippen molar-refractivity contribution in [2.75, 3.05) is 0 Å². The predicted octanol–water partition coefficient (Wildman–Crippen LogP) is 3.29. The number of aromatic nitrogens is 3. The molecule has 0 N–H and O–H groups in total. The first kappa shape index (κ1) is 11.0. The predicted molar refractivity (Wildman–Crippen MR) is 70.6 cm³/mol. The number of aryl methyl sites for hydroxylation is 1. The third-order valence-corrected chi connectivity index (χ3v) is 3.74. The summed E-state index contributed by atoms with van der Waals surface area (Å²) >= 11 is 3.44. The zero-order chi connectivity index (χ0) is 11.8. The molecule has 17 heavy (non-hydrogen) atoms. The minimum Gasteiger partial charge on any atom is -0.249 e. The van der Waals surface area contributed by atoms with Crippen LogP contribution in [0.5, 0.6) is 0 Å². The van der Waals surface area contributed by atoms with Crippen molar-refractivity contribution < 1.29 is 0 Å². The van der Waals surface area contributed by atoms with Crippen molar-refractivity contribution in [3.63, 3.8) is 0 Å². The van der Waals surface area contributed by atoms with Crippen molar-refractivity contribution >= 4 is 15.9 Å². The summed E-state index contributed by atoms with van der Waals surface area (Å²) in [5.74, 6) is 2.70. The molecule has 1 atom stereocenters. The van der Waals surface area contributed by atoms with Gasteiger partial charge in [0, 0.05) is 23.0 Å². The molecule has 2 heterocycles. The van der Waals surface area contributed by atoms with Crippen LogP contribution in [0.15, 0.2) is 28.7 Å². The highest BCUT2D eigenvalue weighted by Gasteiger charge is 2.19. The third-order valence-electron chi connectivity index (χ3n) is 3.22. The van der Waals surface area contributed by atoms with Gasteiger partial charge in [-0.25, -0.2) is 9.67 Å². The van der Waals surface area contributed by atoms with E-state index in [1.807, 2.05) is 12.1 Å². The van der Waals surface area contributed by atoms with E-state index in [1.54, 1.807) is 0 Å². The highest BCUT2D eigenvalue weighted by molar-refractivity contribution is 9.10. The molecule has 0 radical (unpaired) electrons. The number of nitrogens with zero attached hydrogens (tertiary/aromatic N) is 3. The third kappa shape index (κ3) is 2.14. The fraction of sp³-hybridized carbons (Fsp3) is 0.385. The molecule has 4 heteroatoms. The Morgan fingerprint density at radius 3 is 2.82 bits per heavy atom. The molecule has 0 amide bonds. The quantitative estimate of drug-likeness (QED) is 0.807. The van der Waals surface area contributed by atoms with Crippen LogP contribution >= 0.6 is 15.9 Å². The van der Waals surface area contributed by atoms with Gasteiger partial charge in [0.2, 0.25) is 0 Å². The van der Waals surface area contributed by atoms with Crippen molar-refractivity contribution in [3.8, 4) is 11.4 Å². The average Bonchev–Trinajstić information content (AvgIpc) is 2.72. The SMILES string of the molecule is CC1CCn2nc(-c3ccc(Br)cc3)nc2C1. The van der Waals surface area contributed by atoms with Gasteiger partial charge in [0.15, 0.2) is 5.82 Å². The topological polar surface area (TPSA) is 30.7 Å². The van der Waals surface area contributed by atoms with Gasteiger partial charge in [0.05, 0.1) is 0 Å². The number of benzene rings is 1. The highest BCUT2D eigenvalue weighted by Crippen LogP contribution is 2.23. The van der Waals surface area contributed by atoms with Crippen LogP contribution in [0.2, 0.25) is 0 Å². The Bertz CT molecular complexity index is 530. The fourth-order valence-corrected chi connectivity index (χ4v) is 2.45. The summed E-state index contributed by atoms with van der Waals surface area (Å²) in [6.45, 7) is 3.28. The van der Waals surface area contributed by atoms with Crippen molar-refractivity contribution in [3.05, 3.63) is 34.6 Å². The van der Waals surface area contributed by atoms with Gasteiger partial charge in [-0.15, -0.1) is 0 Å². The molecule has 2 aromatic rings. The van der Waals surface area contributed by atoms with Gasteiger partial charge < -0.3 is 0 Å². The van der Waals surface area contributed by atoms with Gasteiger partial charge in [-0.05, 0) is 24.5 Å². The monoisotopic (exact) mass is 291 g/mol. The molecule has 1 aromatic carbocycles. The molecule has 88 valence electrons. The Morgan fingerprint density at radius 2 is 2.06 bits per heavy atom. The van der Waals surface area contributed by atoms with E-state index in [-0.39, 0.29) is 0 Å². The van der Waals surface area contributed by atoms with Crippen LogP contribution in [0.3, 0.4) is 0 Å². The second-order valence-electron chi connectivity index (χ2n) is 4.68. The summed E-state index contributed by atoms with van der Waals surface area (Å²) in [5, 5.41) is 4.58. The van der Waals surface area contributed by atoms with Crippen LogP contribution < -0.4 is 0 Å². The molecule has 0 saturated heterocycles. The van der Waals surface area contributed by atoms with E-state index in [9.17, 15) is 0 Å². The fourth-order valence-electron chi connectivity index (χ4n) is 2.18. The van der Waals surface area contributed by atoms with E-state index in [2.05, 4.69) is 49.8 Å². The molecule has 0 bridgehead atoms. The van der Waals surface area contributed by atoms with Crippen LogP contribution in [-0.4, -0.2) is 14.8 Å². The van der Waals surface area contributed by atoms with Crippen molar-refractivity contribution in [2.24, 2.45) is 5.92 Å². The lowest BCUT2D eigenvalue weighted by molar-refractivity contribution is 0.386. The van der Waals surface area contributed by atoms with Gasteiger partial charge >= 0.3 is 0 Å². The van der Waals surface area contributed by atoms with E-state index in [0.29, 0.717) is 0 Å². The molecule has 3 nitrogen and oxygen atoms in total. The molecule has 1 unspecified atom stereocenters. The minimum absolute atomic E-state index is 0.726. The number of hydrogen-bond donors (Lipinski definition) is 0. The summed E-state index contributed by atoms with van der Waals surface area (Å²) in [5.41, 5.74) is 1.09. The zero-order valence-electron chi connectivity index (χ0n) is 9.73. The number of halogens is 1. The Kier molecular flexibility index (Phi) is 2.74. The lowest BCUT2D eigenvalue weighted by atomic mass is 10.0. The van der Waals surface area contributed by atoms with E-state index in [0.717, 1.165) is 40.6 Å². The van der Waals surface area contributed by atoms with E-state index < -0.39 is 0 Å². The smallest absolute Gasteiger partial charge is 0.181 e. The Morgan fingerprint density at radius 1 is 1.29 bits per heavy atom. The van der Waals surface area contributed by atoms with E-state index in [1.165, 1.54) is 6.42 Å². The lowest BCUT2D eigenvalue weighted by Crippen LogP contribution is -2.18. The van der Waals surface area contributed by atoms with E-state index in [4.69, 9.17) is 0 Å². The summed E-state index contributed by atoms with van der Waals surface area (Å²) in [6.07, 6.45) is 2.25. The molecule has 0 fully saturated rings. The normalized spacial score (nSPS) is 19.1. The maximum Gasteiger partial charge on any atom is 0.181 e. The van der Waals surface area contributed by atoms with Crippen LogP contribution in [-0.2, 0) is 13.0 Å². The van der Waals surface area contributed by atoms with Gasteiger partial charge in [0.1, 0.15) is 5.82 Å². The summed E-state index contributed by atoms with van der Waals surface area (Å²) < 4.78 is 3.14. The van der Waals surface area contributed by atoms with Gasteiger partial charge in [-0.3, -0.25) is 0 Å². The molecule has 0 spiro atoms. The van der Waals surface area contributed by atoms with Crippen LogP contribution in [0.4, 0.5) is 0 Å². The van der Waals surface area contributed by atoms with Crippen LogP contribution in [0.25, 0.3) is 11.4 Å². The van der Waals surface area contributed by atoms with Crippen molar-refractivity contribution in [1.82, 2.24) is 14.8 Å². The maximum atomic E-state index is 4.64. The zero-order valence-corrected chi connectivity index (χ0v) is 11.3. The van der Waals surface area contributed by atoms with Crippen LogP contribution in [0.1, 0.15) is 19.2 Å². The number of hydrogen-bond acceptors (Lipinski definition) is 2. The molecular formula is C13H14BrN3. The lowest BCUT2D eigenvalue weighted by Gasteiger charge is -2.17. The molecule has 0 saturated carbocycles. The Labute approximate surface area is 109 Å². The van der Waals surface area contributed by atoms with E-state index >= 15 is 0 Å². The molecule has 1 aliphatic heterocycles. The number of rotatable bonds is 1. The van der Waals surface area contributed by atoms with Gasteiger partial charge in [0.25, 0.3) is 0 Å². The molecule has 3 rings (SSSR count). The van der Waals surface area contributed by atoms with Gasteiger partial charge in [-0.2, -0.15) is 5.10 Å². The number of fused-ring (bicyclic) bond motifs is 1. The Hall–Kier alpha value is -1.16. The van der Waals surface area contributed by atoms with Crippen molar-refractivity contribution in [2.45, 2.75) is 26.3 Å². The molecule has 1 aromatic heterocycles. The molecule has 0 aliphatic carbocycles. The van der Waals surface area contributed by atoms with Crippen molar-refractivity contribution in [1.29, 1.82) is 0 Å². The Balaban J connectivity index is 1.97. The summed E-state index contributed by atoms with van der Waals surface area (Å²) in [7, 11) is 0. The second kappa shape index (κ2) is 4.26. The standard InChI is InChI=1S/C13H14BrN3/c1-9-6-7-17-12(8-9)15-13(16-17)10-2-4-11(14)5-3-10/h2-5,9H,6-8H2,1H3. The summed E-state index contributed by atoms with van der Waals surface area (Å²) in [4.78, 5) is 4.64. The maximum absolute atomic E-state index is 4.64. The van der Waals surface area contributed by atoms with Gasteiger partial charge in [-0.1, -0.05) is 35.0 Å². The minimum atomic E-state index is 0.726. The second-order valence-corrected chi connectivity index (χ2v) is 5.60. The average molecular weight is 292 g/mol.